The summed E-state index contributed by atoms with van der Waals surface area (Å²) in [6, 6.07) is 22.3. The summed E-state index contributed by atoms with van der Waals surface area (Å²) in [5, 5.41) is 11.6. The van der Waals surface area contributed by atoms with Crippen LogP contribution >= 0.6 is 0 Å². The molecule has 0 amide bonds. The fraction of sp³-hybridized carbons (Fsp3) is 0.280. The van der Waals surface area contributed by atoms with E-state index >= 15 is 0 Å². The van der Waals surface area contributed by atoms with E-state index in [1.807, 2.05) is 4.72 Å². The van der Waals surface area contributed by atoms with Crippen LogP contribution in [0.25, 0.3) is 0 Å². The van der Waals surface area contributed by atoms with Gasteiger partial charge in [-0.3, -0.25) is 14.3 Å². The van der Waals surface area contributed by atoms with Crippen molar-refractivity contribution in [2.45, 2.75) is 71.6 Å². The third-order valence-corrected chi connectivity index (χ3v) is 37.8. The van der Waals surface area contributed by atoms with E-state index in [9.17, 15) is 94.3 Å². The molecular formula is C50H57N5O23S10. The van der Waals surface area contributed by atoms with Gasteiger partial charge in [-0.05, 0) is 107 Å². The highest BCUT2D eigenvalue weighted by Gasteiger charge is 2.45. The standard InChI is InChI=1S/C50H57N5O23S10/c1-38-6-20-46(21-7-38)79(58,59)84(68,69)51-44(36-43-16-18-45(19-17-43)55(56)57)37-54(87(74,75)82(64,65)49-26-12-41(4)13-27-49)33-32-52(85(70,71)80(60,61)47-22-8-39(2)9-23-47)30-31-53(86(72,73)81(62,63)48-24-10-40(3)11-25-48)34-35-78-88(76,77)83(66,67)50-28-14-42(5)15-29-50/h6-29,44,51H,30-37H2,1-5H3. The van der Waals surface area contributed by atoms with Crippen LogP contribution in [0.15, 0.2) is 170 Å². The molecule has 0 bridgehead atoms. The maximum atomic E-state index is 14.9. The van der Waals surface area contributed by atoms with Crippen LogP contribution in [0.1, 0.15) is 33.4 Å². The molecule has 0 aromatic heterocycles. The first kappa shape index (κ1) is 71.1. The molecular weight excluding hydrogens is 1360 g/mol. The minimum atomic E-state index is -6.19. The zero-order valence-corrected chi connectivity index (χ0v) is 55.0. The van der Waals surface area contributed by atoms with Crippen molar-refractivity contribution in [2.75, 3.05) is 45.9 Å². The van der Waals surface area contributed by atoms with E-state index in [1.165, 1.54) is 76.2 Å². The zero-order valence-electron chi connectivity index (χ0n) is 46.9. The molecule has 0 aliphatic rings. The number of rotatable bonds is 30. The summed E-state index contributed by atoms with van der Waals surface area (Å²) < 4.78 is 289. The van der Waals surface area contributed by atoms with Gasteiger partial charge in [-0.15, -0.1) is 0 Å². The molecule has 6 aromatic rings. The van der Waals surface area contributed by atoms with E-state index in [0.29, 0.717) is 27.8 Å². The average molecular weight is 1420 g/mol. The average Bonchev–Trinajstić information content (AvgIpc) is 1.36. The minimum absolute atomic E-state index is 0.0795. The molecule has 1 atom stereocenters. The van der Waals surface area contributed by atoms with Crippen molar-refractivity contribution in [3.63, 3.8) is 0 Å². The predicted molar refractivity (Wildman–Crippen MR) is 321 cm³/mol. The Morgan fingerprint density at radius 2 is 0.670 bits per heavy atom. The Labute approximate surface area is 508 Å². The Balaban J connectivity index is 1.52. The molecule has 0 heterocycles. The van der Waals surface area contributed by atoms with Crippen LogP contribution in [0, 0.1) is 44.7 Å². The van der Waals surface area contributed by atoms with Crippen molar-refractivity contribution < 1.29 is 93.3 Å². The molecule has 0 aliphatic carbocycles. The maximum absolute atomic E-state index is 14.9. The zero-order chi connectivity index (χ0) is 65.9. The van der Waals surface area contributed by atoms with Gasteiger partial charge in [0.15, 0.2) is 0 Å². The lowest BCUT2D eigenvalue weighted by atomic mass is 10.1. The lowest BCUT2D eigenvalue weighted by molar-refractivity contribution is -0.384. The quantitative estimate of drug-likeness (QED) is 0.0384. The monoisotopic (exact) mass is 1420 g/mol. The topological polar surface area (TPSA) is 416 Å². The fourth-order valence-electron chi connectivity index (χ4n) is 7.96. The molecule has 88 heavy (non-hydrogen) atoms. The van der Waals surface area contributed by atoms with Crippen LogP contribution in [0.4, 0.5) is 5.69 Å². The fourth-order valence-corrected chi connectivity index (χ4v) is 25.8. The Kier molecular flexibility index (Phi) is 21.7. The number of nitrogens with one attached hydrogen (secondary N) is 1. The SMILES string of the molecule is Cc1ccc(S(=O)(=O)S(=O)(=O)NC(Cc2ccc([N+](=O)[O-])cc2)CN(CCN(CCN(CCOS(=O)(=O)S(=O)(=O)c2ccc(C)cc2)S(=O)(=O)S(=O)(=O)c2ccc(C)cc2)S(=O)(=O)S(=O)(=O)c2ccc(C)cc2)S(=O)(=O)S(=O)(=O)c2ccc(C)cc2)cc1. The van der Waals surface area contributed by atoms with Gasteiger partial charge in [0, 0.05) is 57.4 Å². The third kappa shape index (κ3) is 15.2. The molecule has 28 nitrogen and oxygen atoms in total. The molecule has 480 valence electrons. The van der Waals surface area contributed by atoms with Crippen LogP contribution in [0.2, 0.25) is 0 Å². The predicted octanol–water partition coefficient (Wildman–Crippen LogP) is 3.15. The molecule has 1 unspecified atom stereocenters. The first-order chi connectivity index (χ1) is 40.5. The highest BCUT2D eigenvalue weighted by atomic mass is 33.2. The summed E-state index contributed by atoms with van der Waals surface area (Å²) >= 11 is 0. The van der Waals surface area contributed by atoms with Crippen LogP contribution in [-0.4, -0.2) is 154 Å². The van der Waals surface area contributed by atoms with Gasteiger partial charge in [0.05, 0.1) is 36.0 Å². The molecule has 6 rings (SSSR count). The van der Waals surface area contributed by atoms with Gasteiger partial charge in [-0.25, -0.2) is 42.1 Å². The van der Waals surface area contributed by atoms with Gasteiger partial charge in [-0.2, -0.15) is 59.7 Å². The van der Waals surface area contributed by atoms with Gasteiger partial charge in [0.2, 0.25) is 0 Å². The molecule has 0 saturated heterocycles. The Bertz CT molecular complexity index is 4780. The van der Waals surface area contributed by atoms with Gasteiger partial charge < -0.3 is 0 Å². The van der Waals surface area contributed by atoms with Gasteiger partial charge >= 0.3 is 54.2 Å². The highest BCUT2D eigenvalue weighted by molar-refractivity contribution is 8.67. The first-order valence-corrected chi connectivity index (χ1v) is 42.5. The molecule has 6 aromatic carbocycles. The molecule has 1 N–H and O–H groups in total. The number of nitrogens with zero attached hydrogens (tertiary/aromatic N) is 4. The van der Waals surface area contributed by atoms with Crippen molar-refractivity contribution >= 4 is 95.4 Å². The van der Waals surface area contributed by atoms with Crippen molar-refractivity contribution in [1.29, 1.82) is 0 Å². The Morgan fingerprint density at radius 3 is 1.00 bits per heavy atom. The van der Waals surface area contributed by atoms with Crippen LogP contribution in [0.5, 0.6) is 0 Å². The molecule has 38 heteroatoms. The maximum Gasteiger partial charge on any atom is 0.379 e. The van der Waals surface area contributed by atoms with Crippen molar-refractivity contribution in [2.24, 2.45) is 0 Å². The van der Waals surface area contributed by atoms with Crippen LogP contribution in [0.3, 0.4) is 0 Å². The minimum Gasteiger partial charge on any atom is -0.258 e. The van der Waals surface area contributed by atoms with Crippen molar-refractivity contribution in [1.82, 2.24) is 17.6 Å². The lowest BCUT2D eigenvalue weighted by Gasteiger charge is -2.30. The van der Waals surface area contributed by atoms with Crippen molar-refractivity contribution in [3.05, 3.63) is 189 Å². The van der Waals surface area contributed by atoms with E-state index in [2.05, 4.69) is 0 Å². The number of aryl methyl sites for hydroxylation is 5. The number of benzene rings is 6. The van der Waals surface area contributed by atoms with Crippen LogP contribution in [-0.2, 0) is 100 Å². The molecule has 0 fully saturated rings. The summed E-state index contributed by atoms with van der Waals surface area (Å²) in [5.41, 5.74) is 1.58. The number of non-ortho nitro benzene ring substituents is 1. The second-order valence-corrected chi connectivity index (χ2v) is 45.6. The number of hydrogen-bond acceptors (Lipinski definition) is 23. The molecule has 0 aliphatic heterocycles. The van der Waals surface area contributed by atoms with E-state index in [4.69, 9.17) is 4.18 Å². The Hall–Kier alpha value is -5.98. The van der Waals surface area contributed by atoms with E-state index in [0.717, 1.165) is 97.1 Å². The summed E-state index contributed by atoms with van der Waals surface area (Å²) in [6.07, 6.45) is -0.840. The number of nitro benzene ring substituents is 1. The van der Waals surface area contributed by atoms with E-state index in [1.54, 1.807) is 6.92 Å². The van der Waals surface area contributed by atoms with E-state index in [-0.39, 0.29) is 18.5 Å². The third-order valence-electron chi connectivity index (χ3n) is 13.0. The second-order valence-electron chi connectivity index (χ2n) is 19.5. The normalized spacial score (nSPS) is 13.9. The van der Waals surface area contributed by atoms with E-state index < -0.39 is 183 Å². The molecule has 0 radical (unpaired) electrons. The van der Waals surface area contributed by atoms with Crippen LogP contribution < -0.4 is 4.72 Å². The Morgan fingerprint density at radius 1 is 0.386 bits per heavy atom. The van der Waals surface area contributed by atoms with Crippen molar-refractivity contribution in [3.8, 4) is 0 Å². The summed E-state index contributed by atoms with van der Waals surface area (Å²) in [5.74, 6) is 0. The van der Waals surface area contributed by atoms with Gasteiger partial charge in [0.25, 0.3) is 41.2 Å². The smallest absolute Gasteiger partial charge is 0.258 e. The number of nitro groups is 1. The molecule has 0 spiro atoms. The number of hydrogen-bond donors (Lipinski definition) is 1. The van der Waals surface area contributed by atoms with Gasteiger partial charge in [0.1, 0.15) is 0 Å². The first-order valence-electron chi connectivity index (χ1n) is 25.3. The summed E-state index contributed by atoms with van der Waals surface area (Å²) in [7, 11) is -58.4. The summed E-state index contributed by atoms with van der Waals surface area (Å²) in [4.78, 5) is 6.27. The lowest BCUT2D eigenvalue weighted by Crippen LogP contribution is -2.52. The molecule has 0 saturated carbocycles. The van der Waals surface area contributed by atoms with Gasteiger partial charge in [-0.1, -0.05) is 101 Å². The summed E-state index contributed by atoms with van der Waals surface area (Å²) in [6.45, 7) is -3.33. The highest BCUT2D eigenvalue weighted by Crippen LogP contribution is 2.29. The second kappa shape index (κ2) is 26.8. The largest absolute Gasteiger partial charge is 0.379 e.